The molecule has 0 radical (unpaired) electrons. The molecule has 0 aromatic carbocycles. The minimum Gasteiger partial charge on any atom is -0.457 e. The highest BCUT2D eigenvalue weighted by Crippen LogP contribution is 2.43. The largest absolute Gasteiger partial charge is 0.472 e. The van der Waals surface area contributed by atoms with Crippen LogP contribution in [0.15, 0.2) is 0 Å². The fourth-order valence-electron chi connectivity index (χ4n) is 6.44. The Morgan fingerprint density at radius 1 is 0.519 bits per heavy atom. The number of likely N-dealkylation sites (N-methyl/N-ethyl adjacent to an activating group) is 1. The first-order chi connectivity index (χ1) is 25.1. The minimum absolute atomic E-state index is 0.0938. The van der Waals surface area contributed by atoms with Crippen LogP contribution in [-0.4, -0.2) is 75.6 Å². The summed E-state index contributed by atoms with van der Waals surface area (Å²) >= 11 is 0. The Balaban J connectivity index is 4.14. The van der Waals surface area contributed by atoms with Gasteiger partial charge in [-0.15, -0.1) is 0 Å². The van der Waals surface area contributed by atoms with Crippen molar-refractivity contribution in [2.75, 3.05) is 54.1 Å². The number of quaternary nitrogens is 1. The van der Waals surface area contributed by atoms with Crippen LogP contribution in [0, 0.1) is 0 Å². The molecule has 0 aromatic heterocycles. The summed E-state index contributed by atoms with van der Waals surface area (Å²) in [6.07, 6.45) is 38.4. The molecule has 9 heteroatoms. The van der Waals surface area contributed by atoms with E-state index in [1.165, 1.54) is 161 Å². The van der Waals surface area contributed by atoms with Gasteiger partial charge in [-0.25, -0.2) is 4.57 Å². The third-order valence-corrected chi connectivity index (χ3v) is 10.9. The van der Waals surface area contributed by atoms with Gasteiger partial charge < -0.3 is 18.9 Å². The average Bonchev–Trinajstić information content (AvgIpc) is 3.09. The van der Waals surface area contributed by atoms with Crippen molar-refractivity contribution in [3.05, 3.63) is 0 Å². The summed E-state index contributed by atoms with van der Waals surface area (Å²) < 4.78 is 35.0. The molecule has 0 heterocycles. The van der Waals surface area contributed by atoms with Crippen LogP contribution in [0.2, 0.25) is 0 Å². The van der Waals surface area contributed by atoms with E-state index in [0.29, 0.717) is 24.1 Å². The van der Waals surface area contributed by atoms with E-state index >= 15 is 0 Å². The Morgan fingerprint density at radius 3 is 1.27 bits per heavy atom. The van der Waals surface area contributed by atoms with Gasteiger partial charge in [-0.05, 0) is 12.8 Å². The zero-order valence-corrected chi connectivity index (χ0v) is 36.2. The number of phosphoric ester groups is 1. The van der Waals surface area contributed by atoms with Gasteiger partial charge in [0.25, 0.3) is 0 Å². The van der Waals surface area contributed by atoms with E-state index < -0.39 is 13.9 Å². The number of carbonyl (C=O) groups excluding carboxylic acids is 1. The number of hydrogen-bond acceptors (Lipinski definition) is 6. The molecule has 0 saturated carbocycles. The molecule has 0 aromatic rings. The van der Waals surface area contributed by atoms with Gasteiger partial charge in [0.15, 0.2) is 0 Å². The monoisotopic (exact) mass is 763 g/mol. The number of phosphoric acid groups is 1. The van der Waals surface area contributed by atoms with Gasteiger partial charge >= 0.3 is 13.8 Å². The van der Waals surface area contributed by atoms with Gasteiger partial charge in [-0.3, -0.25) is 13.8 Å². The number of carbonyl (C=O) groups is 1. The lowest BCUT2D eigenvalue weighted by atomic mass is 10.0. The molecule has 0 rings (SSSR count). The summed E-state index contributed by atoms with van der Waals surface area (Å²) in [5.41, 5.74) is 0. The van der Waals surface area contributed by atoms with Crippen LogP contribution in [0.3, 0.4) is 0 Å². The predicted octanol–water partition coefficient (Wildman–Crippen LogP) is 12.9. The standard InChI is InChI=1S/C43H88NO7P/c1-6-8-10-12-14-16-18-20-21-22-23-24-25-27-29-31-33-35-38-48-40-42(41-50-52(46,47)49-39-37-44(3,4)5)51-43(45)36-34-32-30-28-26-19-17-15-13-11-9-7-2/h42H,6-41H2,1-5H3/p+1. The van der Waals surface area contributed by atoms with E-state index in [1.54, 1.807) is 0 Å². The van der Waals surface area contributed by atoms with Crippen LogP contribution in [0.4, 0.5) is 0 Å². The highest BCUT2D eigenvalue weighted by Gasteiger charge is 2.26. The van der Waals surface area contributed by atoms with Gasteiger partial charge in [0, 0.05) is 13.0 Å². The van der Waals surface area contributed by atoms with E-state index in [1.807, 2.05) is 21.1 Å². The van der Waals surface area contributed by atoms with Crippen molar-refractivity contribution >= 4 is 13.8 Å². The van der Waals surface area contributed by atoms with Gasteiger partial charge in [0.2, 0.25) is 0 Å². The van der Waals surface area contributed by atoms with Crippen molar-refractivity contribution in [2.24, 2.45) is 0 Å². The first-order valence-electron chi connectivity index (χ1n) is 22.3. The molecule has 0 spiro atoms. The van der Waals surface area contributed by atoms with Crippen molar-refractivity contribution in [2.45, 2.75) is 219 Å². The van der Waals surface area contributed by atoms with Gasteiger partial charge in [0.1, 0.15) is 19.3 Å². The molecule has 0 aliphatic heterocycles. The molecule has 0 aliphatic carbocycles. The van der Waals surface area contributed by atoms with E-state index in [0.717, 1.165) is 32.1 Å². The minimum atomic E-state index is -4.26. The summed E-state index contributed by atoms with van der Waals surface area (Å²) in [5.74, 6) is -0.309. The highest BCUT2D eigenvalue weighted by molar-refractivity contribution is 7.47. The lowest BCUT2D eigenvalue weighted by molar-refractivity contribution is -0.870. The molecule has 0 aliphatic rings. The molecule has 2 unspecified atom stereocenters. The normalized spacial score (nSPS) is 13.7. The SMILES string of the molecule is CCCCCCCCCCCCCCCCCCCCOCC(COP(=O)(O)OCC[N+](C)(C)C)OC(=O)CCCCCCCCCCCCCC. The molecule has 52 heavy (non-hydrogen) atoms. The molecule has 2 atom stereocenters. The number of unbranched alkanes of at least 4 members (excludes halogenated alkanes) is 28. The maximum atomic E-state index is 12.7. The number of esters is 1. The molecular formula is C43H89NO7P+. The molecule has 8 nitrogen and oxygen atoms in total. The van der Waals surface area contributed by atoms with Crippen LogP contribution in [0.1, 0.15) is 213 Å². The fourth-order valence-corrected chi connectivity index (χ4v) is 7.18. The van der Waals surface area contributed by atoms with Crippen molar-refractivity contribution in [3.8, 4) is 0 Å². The summed E-state index contributed by atoms with van der Waals surface area (Å²) in [5, 5.41) is 0. The number of hydrogen-bond donors (Lipinski definition) is 1. The first-order valence-corrected chi connectivity index (χ1v) is 23.8. The van der Waals surface area contributed by atoms with Crippen molar-refractivity contribution in [3.63, 3.8) is 0 Å². The van der Waals surface area contributed by atoms with Crippen LogP contribution in [-0.2, 0) is 27.9 Å². The fraction of sp³-hybridized carbons (Fsp3) is 0.977. The number of ether oxygens (including phenoxy) is 2. The summed E-state index contributed by atoms with van der Waals surface area (Å²) in [6.45, 7) is 5.67. The zero-order chi connectivity index (χ0) is 38.4. The molecule has 1 N–H and O–H groups in total. The smallest absolute Gasteiger partial charge is 0.457 e. The molecule has 0 saturated heterocycles. The Hall–Kier alpha value is -0.500. The molecule has 0 amide bonds. The molecule has 0 fully saturated rings. The topological polar surface area (TPSA) is 91.3 Å². The zero-order valence-electron chi connectivity index (χ0n) is 35.3. The second-order valence-corrected chi connectivity index (χ2v) is 17.9. The quantitative estimate of drug-likeness (QED) is 0.0286. The van der Waals surface area contributed by atoms with Crippen molar-refractivity contribution in [1.29, 1.82) is 0 Å². The predicted molar refractivity (Wildman–Crippen MR) is 220 cm³/mol. The molecule has 312 valence electrons. The molecular weight excluding hydrogens is 673 g/mol. The van der Waals surface area contributed by atoms with Gasteiger partial charge in [-0.1, -0.05) is 194 Å². The van der Waals surface area contributed by atoms with Gasteiger partial charge in [0.05, 0.1) is 34.4 Å². The van der Waals surface area contributed by atoms with Crippen LogP contribution >= 0.6 is 7.82 Å². The lowest BCUT2D eigenvalue weighted by Crippen LogP contribution is -2.37. The van der Waals surface area contributed by atoms with E-state index in [2.05, 4.69) is 13.8 Å². The maximum absolute atomic E-state index is 12.7. The van der Waals surface area contributed by atoms with E-state index in [9.17, 15) is 14.3 Å². The van der Waals surface area contributed by atoms with Crippen molar-refractivity contribution < 1.29 is 37.3 Å². The summed E-state index contributed by atoms with van der Waals surface area (Å²) in [6, 6.07) is 0. The molecule has 0 bridgehead atoms. The first kappa shape index (κ1) is 51.5. The van der Waals surface area contributed by atoms with E-state index in [4.69, 9.17) is 18.5 Å². The number of nitrogens with zero attached hydrogens (tertiary/aromatic N) is 1. The Kier molecular flexibility index (Phi) is 37.1. The van der Waals surface area contributed by atoms with Crippen molar-refractivity contribution in [1.82, 2.24) is 0 Å². The summed E-state index contributed by atoms with van der Waals surface area (Å²) in [4.78, 5) is 22.8. The van der Waals surface area contributed by atoms with Crippen LogP contribution < -0.4 is 0 Å². The summed E-state index contributed by atoms with van der Waals surface area (Å²) in [7, 11) is 1.68. The Morgan fingerprint density at radius 2 is 0.885 bits per heavy atom. The third-order valence-electron chi connectivity index (χ3n) is 9.92. The Bertz CT molecular complexity index is 807. The maximum Gasteiger partial charge on any atom is 0.472 e. The van der Waals surface area contributed by atoms with E-state index in [-0.39, 0.29) is 25.8 Å². The second-order valence-electron chi connectivity index (χ2n) is 16.4. The highest BCUT2D eigenvalue weighted by atomic mass is 31.2. The average molecular weight is 763 g/mol. The second kappa shape index (κ2) is 37.4. The van der Waals surface area contributed by atoms with Gasteiger partial charge in [-0.2, -0.15) is 0 Å². The third kappa shape index (κ3) is 40.7. The van der Waals surface area contributed by atoms with Crippen LogP contribution in [0.25, 0.3) is 0 Å². The van der Waals surface area contributed by atoms with Crippen LogP contribution in [0.5, 0.6) is 0 Å². The Labute approximate surface area is 323 Å². The lowest BCUT2D eigenvalue weighted by Gasteiger charge is -2.24. The number of rotatable bonds is 42.